The van der Waals surface area contributed by atoms with Gasteiger partial charge in [-0.15, -0.1) is 0 Å². The molecule has 1 atom stereocenters. The van der Waals surface area contributed by atoms with Gasteiger partial charge in [0.05, 0.1) is 29.3 Å². The highest BCUT2D eigenvalue weighted by atomic mass is 35.5. The van der Waals surface area contributed by atoms with Crippen LogP contribution in [0, 0.1) is 0 Å². The summed E-state index contributed by atoms with van der Waals surface area (Å²) in [4.78, 5) is 30.9. The Morgan fingerprint density at radius 2 is 1.69 bits per heavy atom. The molecule has 0 radical (unpaired) electrons. The van der Waals surface area contributed by atoms with Crippen LogP contribution in [0.1, 0.15) is 36.8 Å². The van der Waals surface area contributed by atoms with Crippen molar-refractivity contribution in [1.82, 2.24) is 10.3 Å². The smallest absolute Gasteiger partial charge is 0.326 e. The molecule has 1 aliphatic carbocycles. The van der Waals surface area contributed by atoms with Gasteiger partial charge in [-0.1, -0.05) is 79.0 Å². The number of hydrogen-bond donors (Lipinski definition) is 2. The number of hydrogen-bond acceptors (Lipinski definition) is 4. The monoisotopic (exact) mass is 578 g/mol. The van der Waals surface area contributed by atoms with Gasteiger partial charge in [0.1, 0.15) is 11.8 Å². The number of nitrogens with zero attached hydrogens (tertiary/aromatic N) is 1. The molecule has 0 aliphatic heterocycles. The van der Waals surface area contributed by atoms with Gasteiger partial charge in [-0.2, -0.15) is 0 Å². The molecule has 1 saturated carbocycles. The number of aliphatic carboxylic acids is 1. The molecule has 0 bridgehead atoms. The van der Waals surface area contributed by atoms with Gasteiger partial charge in [-0.3, -0.25) is 4.79 Å². The van der Waals surface area contributed by atoms with Crippen molar-refractivity contribution in [2.45, 2.75) is 43.6 Å². The molecule has 42 heavy (non-hydrogen) atoms. The summed E-state index contributed by atoms with van der Waals surface area (Å²) in [6.07, 6.45) is 3.35. The van der Waals surface area contributed by atoms with Crippen LogP contribution in [0.2, 0.25) is 5.02 Å². The second-order valence-corrected chi connectivity index (χ2v) is 11.4. The summed E-state index contributed by atoms with van der Waals surface area (Å²) < 4.78 is 5.68. The van der Waals surface area contributed by atoms with Crippen molar-refractivity contribution in [3.8, 4) is 17.0 Å². The number of methoxy groups -OCH3 is 1. The van der Waals surface area contributed by atoms with Crippen molar-refractivity contribution in [2.24, 2.45) is 0 Å². The van der Waals surface area contributed by atoms with Crippen LogP contribution in [0.15, 0.2) is 91.0 Å². The van der Waals surface area contributed by atoms with E-state index in [1.54, 1.807) is 19.2 Å². The average molecular weight is 579 g/mol. The highest BCUT2D eigenvalue weighted by molar-refractivity contribution is 6.30. The Hall–Kier alpha value is -4.42. The molecule has 7 heteroatoms. The first-order chi connectivity index (χ1) is 20.4. The van der Waals surface area contributed by atoms with Gasteiger partial charge in [0.25, 0.3) is 0 Å². The number of pyridine rings is 1. The fraction of sp³-hybridized carbons (Fsp3) is 0.229. The van der Waals surface area contributed by atoms with Gasteiger partial charge in [-0.05, 0) is 71.1 Å². The minimum absolute atomic E-state index is 0.159. The first-order valence-electron chi connectivity index (χ1n) is 14.1. The minimum Gasteiger partial charge on any atom is -0.496 e. The van der Waals surface area contributed by atoms with E-state index >= 15 is 0 Å². The first-order valence-corrected chi connectivity index (χ1v) is 14.5. The molecule has 1 unspecified atom stereocenters. The van der Waals surface area contributed by atoms with Gasteiger partial charge < -0.3 is 15.2 Å². The second kappa shape index (κ2) is 11.5. The van der Waals surface area contributed by atoms with Gasteiger partial charge >= 0.3 is 5.97 Å². The van der Waals surface area contributed by atoms with Crippen LogP contribution in [0.4, 0.5) is 0 Å². The van der Waals surface area contributed by atoms with Crippen LogP contribution < -0.4 is 10.1 Å². The number of nitrogens with one attached hydrogen (secondary N) is 1. The van der Waals surface area contributed by atoms with E-state index in [2.05, 4.69) is 17.4 Å². The lowest BCUT2D eigenvalue weighted by atomic mass is 9.77. The van der Waals surface area contributed by atoms with Gasteiger partial charge in [0.15, 0.2) is 0 Å². The Bertz CT molecular complexity index is 1800. The number of carbonyl (C=O) groups is 2. The Morgan fingerprint density at radius 3 is 2.43 bits per heavy atom. The molecule has 6 nitrogen and oxygen atoms in total. The highest BCUT2D eigenvalue weighted by Gasteiger charge is 2.43. The number of carbonyl (C=O) groups excluding carboxylic acids is 1. The largest absolute Gasteiger partial charge is 0.496 e. The van der Waals surface area contributed by atoms with E-state index in [9.17, 15) is 14.7 Å². The normalized spacial score (nSPS) is 15.0. The molecule has 6 rings (SSSR count). The number of halogens is 1. The number of rotatable bonds is 8. The third-order valence-electron chi connectivity index (χ3n) is 8.45. The van der Waals surface area contributed by atoms with Crippen molar-refractivity contribution in [2.75, 3.05) is 7.11 Å². The van der Waals surface area contributed by atoms with Crippen LogP contribution in [0.5, 0.6) is 5.75 Å². The standard InChI is InChI=1S/C35H31ClN2O4/c1-42-31-17-10-23-6-2-3-7-27(23)32(31)29-16-9-24-20-22(8-15-28(24)37-29)21-30(33(39)40)38-34(41)35(18-4-5-19-35)25-11-13-26(36)14-12-25/h2-3,6-17,20,30H,4-5,18-19,21H2,1H3,(H,38,41)(H,39,40). The maximum atomic E-state index is 13.7. The van der Waals surface area contributed by atoms with E-state index in [0.29, 0.717) is 17.9 Å². The molecule has 5 aromatic rings. The van der Waals surface area contributed by atoms with Crippen molar-refractivity contribution >= 4 is 45.2 Å². The van der Waals surface area contributed by atoms with Gasteiger partial charge in [0.2, 0.25) is 5.91 Å². The number of fused-ring (bicyclic) bond motifs is 2. The molecule has 4 aromatic carbocycles. The Kier molecular flexibility index (Phi) is 7.56. The number of ether oxygens (including phenoxy) is 1. The molecule has 212 valence electrons. The number of amides is 1. The SMILES string of the molecule is COc1ccc2ccccc2c1-c1ccc2cc(CC(NC(=O)C3(c4ccc(Cl)cc4)CCCC3)C(=O)O)ccc2n1. The summed E-state index contributed by atoms with van der Waals surface area (Å²) >= 11 is 6.09. The van der Waals surface area contributed by atoms with Gasteiger partial charge in [0, 0.05) is 16.8 Å². The molecule has 2 N–H and O–H groups in total. The van der Waals surface area contributed by atoms with Crippen LogP contribution in [-0.2, 0) is 21.4 Å². The first kappa shape index (κ1) is 27.7. The number of benzene rings is 4. The third-order valence-corrected chi connectivity index (χ3v) is 8.70. The van der Waals surface area contributed by atoms with Crippen LogP contribution in [-0.4, -0.2) is 35.1 Å². The second-order valence-electron chi connectivity index (χ2n) is 11.0. The lowest BCUT2D eigenvalue weighted by Gasteiger charge is -2.30. The zero-order valence-electron chi connectivity index (χ0n) is 23.3. The summed E-state index contributed by atoms with van der Waals surface area (Å²) in [5.74, 6) is -0.564. The maximum absolute atomic E-state index is 13.7. The molecular weight excluding hydrogens is 548 g/mol. The summed E-state index contributed by atoms with van der Waals surface area (Å²) in [6, 6.07) is 28.0. The summed E-state index contributed by atoms with van der Waals surface area (Å²) in [6.45, 7) is 0. The fourth-order valence-electron chi connectivity index (χ4n) is 6.25. The summed E-state index contributed by atoms with van der Waals surface area (Å²) in [5.41, 5.74) is 3.45. The van der Waals surface area contributed by atoms with E-state index < -0.39 is 17.4 Å². The van der Waals surface area contributed by atoms with Gasteiger partial charge in [-0.25, -0.2) is 9.78 Å². The number of carboxylic acid groups (broad SMARTS) is 1. The molecule has 1 aromatic heterocycles. The summed E-state index contributed by atoms with van der Waals surface area (Å²) in [5, 5.41) is 16.6. The van der Waals surface area contributed by atoms with Crippen LogP contribution in [0.25, 0.3) is 32.9 Å². The molecule has 0 spiro atoms. The zero-order chi connectivity index (χ0) is 29.3. The predicted molar refractivity (Wildman–Crippen MR) is 166 cm³/mol. The van der Waals surface area contributed by atoms with Crippen molar-refractivity contribution in [3.63, 3.8) is 0 Å². The summed E-state index contributed by atoms with van der Waals surface area (Å²) in [7, 11) is 1.66. The van der Waals surface area contributed by atoms with E-state index in [4.69, 9.17) is 21.3 Å². The molecule has 1 fully saturated rings. The number of carboxylic acids is 1. The molecule has 1 aliphatic rings. The van der Waals surface area contributed by atoms with E-state index in [1.807, 2.05) is 66.7 Å². The third kappa shape index (κ3) is 5.19. The van der Waals surface area contributed by atoms with Crippen molar-refractivity contribution in [3.05, 3.63) is 107 Å². The topological polar surface area (TPSA) is 88.5 Å². The van der Waals surface area contributed by atoms with Crippen molar-refractivity contribution in [1.29, 1.82) is 0 Å². The zero-order valence-corrected chi connectivity index (χ0v) is 24.0. The molecular formula is C35H31ClN2O4. The maximum Gasteiger partial charge on any atom is 0.326 e. The minimum atomic E-state index is -1.07. The van der Waals surface area contributed by atoms with Crippen LogP contribution in [0.3, 0.4) is 0 Å². The van der Waals surface area contributed by atoms with Crippen molar-refractivity contribution < 1.29 is 19.4 Å². The molecule has 0 saturated heterocycles. The quantitative estimate of drug-likeness (QED) is 0.201. The van der Waals surface area contributed by atoms with E-state index in [1.165, 1.54) is 0 Å². The highest BCUT2D eigenvalue weighted by Crippen LogP contribution is 2.42. The lowest BCUT2D eigenvalue weighted by Crippen LogP contribution is -2.50. The Morgan fingerprint density at radius 1 is 0.952 bits per heavy atom. The predicted octanol–water partition coefficient (Wildman–Crippen LogP) is 7.34. The van der Waals surface area contributed by atoms with E-state index in [0.717, 1.165) is 62.7 Å². The Balaban J connectivity index is 1.27. The number of aromatic nitrogens is 1. The molecule has 1 amide bonds. The van der Waals surface area contributed by atoms with E-state index in [-0.39, 0.29) is 12.3 Å². The molecule has 1 heterocycles. The fourth-order valence-corrected chi connectivity index (χ4v) is 6.38. The average Bonchev–Trinajstić information content (AvgIpc) is 3.51. The van der Waals surface area contributed by atoms with Crippen LogP contribution >= 0.6 is 11.6 Å². The lowest BCUT2D eigenvalue weighted by molar-refractivity contribution is -0.142. The Labute approximate surface area is 249 Å².